The number of nitrogens with zero attached hydrogens (tertiary/aromatic N) is 1. The Balaban J connectivity index is 2.88. The van der Waals surface area contributed by atoms with Gasteiger partial charge in [0.15, 0.2) is 11.5 Å². The van der Waals surface area contributed by atoms with Crippen LogP contribution in [-0.2, 0) is 9.53 Å². The Bertz CT molecular complexity index is 485. The van der Waals surface area contributed by atoms with Crippen LogP contribution in [0.3, 0.4) is 0 Å². The van der Waals surface area contributed by atoms with E-state index in [9.17, 15) is 14.9 Å². The predicted octanol–water partition coefficient (Wildman–Crippen LogP) is 1.85. The summed E-state index contributed by atoms with van der Waals surface area (Å²) in [4.78, 5) is 21.3. The van der Waals surface area contributed by atoms with Crippen molar-refractivity contribution >= 4 is 11.7 Å². The lowest BCUT2D eigenvalue weighted by Gasteiger charge is -2.11. The van der Waals surface area contributed by atoms with E-state index in [-0.39, 0.29) is 24.5 Å². The molecule has 1 aromatic carbocycles. The third-order valence-corrected chi connectivity index (χ3v) is 2.47. The minimum atomic E-state index is -0.498. The normalized spacial score (nSPS) is 9.84. The lowest BCUT2D eigenvalue weighted by atomic mass is 10.2. The molecular formula is C12H15NO6. The first-order valence-electron chi connectivity index (χ1n) is 5.52. The lowest BCUT2D eigenvalue weighted by molar-refractivity contribution is -0.385. The maximum atomic E-state index is 10.9. The fourth-order valence-corrected chi connectivity index (χ4v) is 1.47. The molecule has 0 aromatic heterocycles. The number of carbonyl (C=O) groups excluding carboxylic acids is 1. The Hall–Kier alpha value is -2.31. The van der Waals surface area contributed by atoms with Gasteiger partial charge in [0.25, 0.3) is 5.69 Å². The number of aryl methyl sites for hydroxylation is 1. The van der Waals surface area contributed by atoms with Gasteiger partial charge in [0.2, 0.25) is 0 Å². The first-order chi connectivity index (χ1) is 8.99. The molecule has 0 atom stereocenters. The first-order valence-corrected chi connectivity index (χ1v) is 5.52. The number of methoxy groups -OCH3 is 2. The van der Waals surface area contributed by atoms with Gasteiger partial charge in [-0.25, -0.2) is 0 Å². The molecule has 19 heavy (non-hydrogen) atoms. The molecule has 0 unspecified atom stereocenters. The van der Waals surface area contributed by atoms with E-state index in [0.29, 0.717) is 11.3 Å². The highest BCUT2D eigenvalue weighted by molar-refractivity contribution is 5.69. The minimum absolute atomic E-state index is 0.0569. The maximum absolute atomic E-state index is 10.9. The SMILES string of the molecule is COC(=O)CCOc1cc([N+](=O)[O-])c(C)cc1OC. The first kappa shape index (κ1) is 14.7. The van der Waals surface area contributed by atoms with E-state index >= 15 is 0 Å². The highest BCUT2D eigenvalue weighted by atomic mass is 16.6. The van der Waals surface area contributed by atoms with Crippen molar-refractivity contribution in [2.24, 2.45) is 0 Å². The molecule has 0 aliphatic carbocycles. The van der Waals surface area contributed by atoms with Crippen molar-refractivity contribution in [1.29, 1.82) is 0 Å². The van der Waals surface area contributed by atoms with Gasteiger partial charge in [-0.3, -0.25) is 14.9 Å². The van der Waals surface area contributed by atoms with Crippen LogP contribution in [0.1, 0.15) is 12.0 Å². The maximum Gasteiger partial charge on any atom is 0.308 e. The van der Waals surface area contributed by atoms with Gasteiger partial charge in [0.05, 0.1) is 38.2 Å². The number of esters is 1. The van der Waals surface area contributed by atoms with Gasteiger partial charge >= 0.3 is 5.97 Å². The molecule has 7 heteroatoms. The van der Waals surface area contributed by atoms with E-state index in [0.717, 1.165) is 0 Å². The van der Waals surface area contributed by atoms with Crippen molar-refractivity contribution < 1.29 is 23.9 Å². The van der Waals surface area contributed by atoms with Crippen LogP contribution in [0.15, 0.2) is 12.1 Å². The lowest BCUT2D eigenvalue weighted by Crippen LogP contribution is -2.08. The summed E-state index contributed by atoms with van der Waals surface area (Å²) in [5.74, 6) is 0.192. The molecule has 0 N–H and O–H groups in total. The molecule has 1 aromatic rings. The molecule has 7 nitrogen and oxygen atoms in total. The van der Waals surface area contributed by atoms with Gasteiger partial charge in [-0.15, -0.1) is 0 Å². The second kappa shape index (κ2) is 6.58. The summed E-state index contributed by atoms with van der Waals surface area (Å²) in [5.41, 5.74) is 0.413. The molecule has 0 radical (unpaired) electrons. The second-order valence-electron chi connectivity index (χ2n) is 3.72. The molecule has 1 rings (SSSR count). The van der Waals surface area contributed by atoms with Crippen LogP contribution in [0.25, 0.3) is 0 Å². The monoisotopic (exact) mass is 269 g/mol. The topological polar surface area (TPSA) is 87.9 Å². The van der Waals surface area contributed by atoms with Crippen LogP contribution < -0.4 is 9.47 Å². The van der Waals surface area contributed by atoms with Crippen LogP contribution in [0, 0.1) is 17.0 Å². The van der Waals surface area contributed by atoms with Crippen LogP contribution >= 0.6 is 0 Å². The van der Waals surface area contributed by atoms with Crippen molar-refractivity contribution in [2.45, 2.75) is 13.3 Å². The van der Waals surface area contributed by atoms with Gasteiger partial charge in [0, 0.05) is 5.56 Å². The molecule has 0 saturated heterocycles. The van der Waals surface area contributed by atoms with Gasteiger partial charge in [-0.1, -0.05) is 0 Å². The minimum Gasteiger partial charge on any atom is -0.493 e. The summed E-state index contributed by atoms with van der Waals surface area (Å²) in [5, 5.41) is 10.8. The number of rotatable bonds is 6. The molecule has 0 aliphatic rings. The summed E-state index contributed by atoms with van der Waals surface area (Å²) >= 11 is 0. The third-order valence-electron chi connectivity index (χ3n) is 2.47. The van der Waals surface area contributed by atoms with Crippen LogP contribution in [-0.4, -0.2) is 31.7 Å². The standard InChI is InChI=1S/C12H15NO6/c1-8-6-10(17-2)11(7-9(8)13(15)16)19-5-4-12(14)18-3/h6-7H,4-5H2,1-3H3. The van der Waals surface area contributed by atoms with Crippen molar-refractivity contribution in [3.63, 3.8) is 0 Å². The van der Waals surface area contributed by atoms with Crippen LogP contribution in [0.2, 0.25) is 0 Å². The highest BCUT2D eigenvalue weighted by Gasteiger charge is 2.17. The van der Waals surface area contributed by atoms with Crippen molar-refractivity contribution in [3.05, 3.63) is 27.8 Å². The van der Waals surface area contributed by atoms with E-state index < -0.39 is 10.9 Å². The molecule has 0 bridgehead atoms. The van der Waals surface area contributed by atoms with E-state index in [4.69, 9.17) is 9.47 Å². The van der Waals surface area contributed by atoms with Gasteiger partial charge in [0.1, 0.15) is 0 Å². The number of benzene rings is 1. The molecular weight excluding hydrogens is 254 g/mol. The molecule has 0 aliphatic heterocycles. The van der Waals surface area contributed by atoms with Gasteiger partial charge in [-0.2, -0.15) is 0 Å². The number of carbonyl (C=O) groups is 1. The summed E-state index contributed by atoms with van der Waals surface area (Å²) in [6.07, 6.45) is 0.0569. The summed E-state index contributed by atoms with van der Waals surface area (Å²) in [6.45, 7) is 1.67. The Morgan fingerprint density at radius 2 is 2.00 bits per heavy atom. The third kappa shape index (κ3) is 3.84. The summed E-state index contributed by atoms with van der Waals surface area (Å²) in [7, 11) is 2.72. The number of nitro groups is 1. The van der Waals surface area contributed by atoms with E-state index in [1.165, 1.54) is 26.4 Å². The predicted molar refractivity (Wildman–Crippen MR) is 66.5 cm³/mol. The number of ether oxygens (including phenoxy) is 3. The van der Waals surface area contributed by atoms with Gasteiger partial charge in [-0.05, 0) is 13.0 Å². The smallest absolute Gasteiger partial charge is 0.308 e. The number of hydrogen-bond donors (Lipinski definition) is 0. The quantitative estimate of drug-likeness (QED) is 0.445. The number of nitro benzene ring substituents is 1. The number of hydrogen-bond acceptors (Lipinski definition) is 6. The molecule has 0 saturated carbocycles. The zero-order chi connectivity index (χ0) is 14.4. The molecule has 0 heterocycles. The Kier molecular flexibility index (Phi) is 5.11. The zero-order valence-corrected chi connectivity index (χ0v) is 11.0. The van der Waals surface area contributed by atoms with Crippen molar-refractivity contribution in [1.82, 2.24) is 0 Å². The fourth-order valence-electron chi connectivity index (χ4n) is 1.47. The van der Waals surface area contributed by atoms with Crippen molar-refractivity contribution in [2.75, 3.05) is 20.8 Å². The van der Waals surface area contributed by atoms with Crippen molar-refractivity contribution in [3.8, 4) is 11.5 Å². The highest BCUT2D eigenvalue weighted by Crippen LogP contribution is 2.34. The van der Waals surface area contributed by atoms with Crippen LogP contribution in [0.5, 0.6) is 11.5 Å². The Morgan fingerprint density at radius 1 is 1.32 bits per heavy atom. The van der Waals surface area contributed by atoms with E-state index in [1.54, 1.807) is 6.92 Å². The average Bonchev–Trinajstić information content (AvgIpc) is 2.39. The molecule has 0 amide bonds. The van der Waals surface area contributed by atoms with E-state index in [2.05, 4.69) is 4.74 Å². The van der Waals surface area contributed by atoms with Crippen LogP contribution in [0.4, 0.5) is 5.69 Å². The summed E-state index contributed by atoms with van der Waals surface area (Å²) < 4.78 is 14.9. The fraction of sp³-hybridized carbons (Fsp3) is 0.417. The second-order valence-corrected chi connectivity index (χ2v) is 3.72. The largest absolute Gasteiger partial charge is 0.493 e. The Labute approximate surface area is 110 Å². The van der Waals surface area contributed by atoms with Gasteiger partial charge < -0.3 is 14.2 Å². The van der Waals surface area contributed by atoms with E-state index in [1.807, 2.05) is 0 Å². The summed E-state index contributed by atoms with van der Waals surface area (Å²) in [6, 6.07) is 2.80. The molecule has 0 spiro atoms. The molecule has 0 fully saturated rings. The molecule has 104 valence electrons. The zero-order valence-electron chi connectivity index (χ0n) is 11.0. The Morgan fingerprint density at radius 3 is 2.53 bits per heavy atom. The average molecular weight is 269 g/mol.